The van der Waals surface area contributed by atoms with Crippen LogP contribution in [0.5, 0.6) is 0 Å². The number of amides is 2. The van der Waals surface area contributed by atoms with Crippen molar-refractivity contribution in [3.8, 4) is 23.7 Å². The highest BCUT2D eigenvalue weighted by molar-refractivity contribution is 8.77. The molecule has 2 heterocycles. The van der Waals surface area contributed by atoms with Gasteiger partial charge in [0.1, 0.15) is 11.4 Å². The Kier molecular flexibility index (Phi) is 8.98. The van der Waals surface area contributed by atoms with Crippen LogP contribution in [-0.2, 0) is 20.4 Å². The molecule has 0 saturated carbocycles. The summed E-state index contributed by atoms with van der Waals surface area (Å²) < 4.78 is 0. The molecule has 5 nitrogen and oxygen atoms in total. The van der Waals surface area contributed by atoms with Crippen molar-refractivity contribution in [2.45, 2.75) is 52.4 Å². The zero-order chi connectivity index (χ0) is 28.9. The van der Waals surface area contributed by atoms with Gasteiger partial charge in [0.05, 0.1) is 22.9 Å². The smallest absolute Gasteiger partial charge is 0.235 e. The van der Waals surface area contributed by atoms with Gasteiger partial charge in [0, 0.05) is 11.1 Å². The van der Waals surface area contributed by atoms with Crippen molar-refractivity contribution in [3.63, 3.8) is 0 Å². The molecule has 40 heavy (non-hydrogen) atoms. The molecule has 1 aromatic heterocycles. The van der Waals surface area contributed by atoms with Crippen molar-refractivity contribution < 1.29 is 9.59 Å². The Morgan fingerprint density at radius 2 is 1.07 bits per heavy atom. The largest absolute Gasteiger partial charge is 0.324 e. The molecule has 0 fully saturated rings. The lowest BCUT2D eigenvalue weighted by molar-refractivity contribution is -0.114. The summed E-state index contributed by atoms with van der Waals surface area (Å²) in [6.07, 6.45) is 0. The molecule has 3 aromatic rings. The predicted molar refractivity (Wildman–Crippen MR) is 169 cm³/mol. The molecule has 4 rings (SSSR count). The molecule has 0 saturated heterocycles. The highest BCUT2D eigenvalue weighted by Gasteiger charge is 2.18. The second kappa shape index (κ2) is 12.3. The molecule has 2 N–H and O–H groups in total. The van der Waals surface area contributed by atoms with Crippen LogP contribution in [0.15, 0.2) is 54.6 Å². The van der Waals surface area contributed by atoms with E-state index in [1.807, 2.05) is 54.6 Å². The van der Waals surface area contributed by atoms with Gasteiger partial charge in [-0.15, -0.1) is 0 Å². The van der Waals surface area contributed by atoms with E-state index in [-0.39, 0.29) is 34.2 Å². The van der Waals surface area contributed by atoms with Gasteiger partial charge >= 0.3 is 0 Å². The normalized spacial score (nSPS) is 14.3. The minimum absolute atomic E-state index is 0.0742. The molecule has 2 amide bonds. The molecule has 2 bridgehead atoms. The SMILES string of the molecule is CC(C)(C)c1ccc2c(c1)C#Cc1cccc(n1)C#Cc1cc(C(C)(C)C)ccc1NC(=O)CSSCC(=O)N2. The lowest BCUT2D eigenvalue weighted by atomic mass is 9.86. The standard InChI is InChI=1S/C33H33N3O2S2/c1-32(2,3)24-12-16-28-22(18-24)10-14-26-8-7-9-27(34-26)15-11-23-19-25(33(4,5)6)13-17-29(23)36-31(38)21-40-39-20-30(37)35-28/h7-9,12-13,16-19H,20-21H2,1-6H3,(H,35,37)(H,36,38). The van der Waals surface area contributed by atoms with Crippen LogP contribution in [0.25, 0.3) is 0 Å². The quantitative estimate of drug-likeness (QED) is 0.232. The van der Waals surface area contributed by atoms with Gasteiger partial charge in [0.15, 0.2) is 0 Å². The number of aromatic nitrogens is 1. The predicted octanol–water partition coefficient (Wildman–Crippen LogP) is 6.75. The number of anilines is 2. The Hall–Kier alpha value is -3.65. The summed E-state index contributed by atoms with van der Waals surface area (Å²) in [5.41, 5.74) is 5.97. The Bertz CT molecular complexity index is 1460. The first-order valence-electron chi connectivity index (χ1n) is 13.0. The van der Waals surface area contributed by atoms with Crippen molar-refractivity contribution in [2.24, 2.45) is 0 Å². The van der Waals surface area contributed by atoms with E-state index in [1.165, 1.54) is 21.6 Å². The second-order valence-corrected chi connectivity index (χ2v) is 14.0. The number of hydrogen-bond acceptors (Lipinski definition) is 5. The van der Waals surface area contributed by atoms with Crippen LogP contribution in [0.4, 0.5) is 11.4 Å². The van der Waals surface area contributed by atoms with Crippen LogP contribution < -0.4 is 10.6 Å². The van der Waals surface area contributed by atoms with Gasteiger partial charge in [-0.1, -0.05) is 93.2 Å². The van der Waals surface area contributed by atoms with E-state index in [0.717, 1.165) is 22.3 Å². The maximum absolute atomic E-state index is 12.7. The van der Waals surface area contributed by atoms with Gasteiger partial charge < -0.3 is 10.6 Å². The van der Waals surface area contributed by atoms with Crippen LogP contribution in [0.1, 0.15) is 75.2 Å². The maximum atomic E-state index is 12.7. The van der Waals surface area contributed by atoms with Gasteiger partial charge in [0.25, 0.3) is 0 Å². The summed E-state index contributed by atoms with van der Waals surface area (Å²) in [7, 11) is 2.68. The van der Waals surface area contributed by atoms with Crippen LogP contribution >= 0.6 is 21.6 Å². The number of benzene rings is 2. The highest BCUT2D eigenvalue weighted by atomic mass is 33.1. The number of hydrogen-bond donors (Lipinski definition) is 2. The van der Waals surface area contributed by atoms with E-state index < -0.39 is 0 Å². The fraction of sp³-hybridized carbons (Fsp3) is 0.303. The Morgan fingerprint density at radius 1 is 0.650 bits per heavy atom. The number of carbonyl (C=O) groups excluding carboxylic acids is 2. The van der Waals surface area contributed by atoms with E-state index in [2.05, 4.69) is 80.8 Å². The molecule has 2 aromatic carbocycles. The fourth-order valence-electron chi connectivity index (χ4n) is 3.85. The average Bonchev–Trinajstić information content (AvgIpc) is 2.88. The zero-order valence-corrected chi connectivity index (χ0v) is 25.3. The van der Waals surface area contributed by atoms with Gasteiger partial charge in [-0.25, -0.2) is 4.98 Å². The van der Waals surface area contributed by atoms with E-state index in [1.54, 1.807) is 0 Å². The Labute approximate surface area is 245 Å². The summed E-state index contributed by atoms with van der Waals surface area (Å²) in [5.74, 6) is 12.8. The van der Waals surface area contributed by atoms with Gasteiger partial charge in [-0.05, 0) is 70.2 Å². The molecule has 7 heteroatoms. The van der Waals surface area contributed by atoms with Crippen LogP contribution in [0.3, 0.4) is 0 Å². The van der Waals surface area contributed by atoms with E-state index in [0.29, 0.717) is 22.8 Å². The number of nitrogens with one attached hydrogen (secondary N) is 2. The molecule has 0 atom stereocenters. The second-order valence-electron chi connectivity index (χ2n) is 11.5. The van der Waals surface area contributed by atoms with Crippen LogP contribution in [0, 0.1) is 23.7 Å². The summed E-state index contributed by atoms with van der Waals surface area (Å²) in [6.45, 7) is 12.8. The number of carbonyl (C=O) groups is 2. The minimum Gasteiger partial charge on any atom is -0.324 e. The van der Waals surface area contributed by atoms with Crippen molar-refractivity contribution in [1.29, 1.82) is 0 Å². The van der Waals surface area contributed by atoms with Crippen molar-refractivity contribution in [1.82, 2.24) is 4.98 Å². The molecule has 1 aliphatic heterocycles. The van der Waals surface area contributed by atoms with Gasteiger partial charge in [-0.2, -0.15) is 0 Å². The highest BCUT2D eigenvalue weighted by Crippen LogP contribution is 2.29. The third kappa shape index (κ3) is 7.94. The first-order valence-corrected chi connectivity index (χ1v) is 15.5. The van der Waals surface area contributed by atoms with E-state index in [4.69, 9.17) is 0 Å². The van der Waals surface area contributed by atoms with Crippen molar-refractivity contribution >= 4 is 44.8 Å². The summed E-state index contributed by atoms with van der Waals surface area (Å²) in [4.78, 5) is 30.1. The van der Waals surface area contributed by atoms with Crippen molar-refractivity contribution in [2.75, 3.05) is 22.1 Å². The van der Waals surface area contributed by atoms with Crippen molar-refractivity contribution in [3.05, 3.63) is 88.2 Å². The maximum Gasteiger partial charge on any atom is 0.235 e. The molecular weight excluding hydrogens is 535 g/mol. The number of nitrogens with zero attached hydrogens (tertiary/aromatic N) is 1. The van der Waals surface area contributed by atoms with E-state index in [9.17, 15) is 9.59 Å². The molecule has 0 radical (unpaired) electrons. The van der Waals surface area contributed by atoms with E-state index >= 15 is 0 Å². The molecule has 1 aliphatic rings. The molecule has 0 aliphatic carbocycles. The topological polar surface area (TPSA) is 71.1 Å². The van der Waals surface area contributed by atoms with Crippen LogP contribution in [-0.4, -0.2) is 28.3 Å². The minimum atomic E-state index is -0.157. The summed E-state index contributed by atoms with van der Waals surface area (Å²) >= 11 is 0. The lowest BCUT2D eigenvalue weighted by Gasteiger charge is -2.20. The number of rotatable bonds is 0. The summed E-state index contributed by atoms with van der Waals surface area (Å²) in [6, 6.07) is 17.4. The average molecular weight is 568 g/mol. The summed E-state index contributed by atoms with van der Waals surface area (Å²) in [5, 5.41) is 5.97. The van der Waals surface area contributed by atoms with Gasteiger partial charge in [0.2, 0.25) is 11.8 Å². The first kappa shape index (κ1) is 29.3. The molecule has 204 valence electrons. The fourth-order valence-corrected chi connectivity index (χ4v) is 5.51. The zero-order valence-electron chi connectivity index (χ0n) is 23.7. The van der Waals surface area contributed by atoms with Crippen LogP contribution in [0.2, 0.25) is 0 Å². The number of pyridine rings is 1. The number of fused-ring (bicyclic) bond motifs is 4. The third-order valence-electron chi connectivity index (χ3n) is 6.18. The Morgan fingerprint density at radius 3 is 1.48 bits per heavy atom. The molecule has 0 spiro atoms. The molecular formula is C33H33N3O2S2. The third-order valence-corrected chi connectivity index (χ3v) is 8.32. The molecule has 0 unspecified atom stereocenters. The van der Waals surface area contributed by atoms with Gasteiger partial charge in [-0.3, -0.25) is 9.59 Å². The first-order chi connectivity index (χ1) is 18.9. The Balaban J connectivity index is 1.79. The monoisotopic (exact) mass is 567 g/mol. The lowest BCUT2D eigenvalue weighted by Crippen LogP contribution is -2.17.